The summed E-state index contributed by atoms with van der Waals surface area (Å²) < 4.78 is 0. The Kier molecular flexibility index (Phi) is 2.30. The van der Waals surface area contributed by atoms with Gasteiger partial charge in [0.2, 0.25) is 5.95 Å². The van der Waals surface area contributed by atoms with Crippen molar-refractivity contribution >= 4 is 11.9 Å². The SMILES string of the molecule is Cc1nc(N)nc2c1CC(C(=O)O)CC2. The van der Waals surface area contributed by atoms with E-state index in [1.807, 2.05) is 6.92 Å². The molecule has 0 fully saturated rings. The number of anilines is 1. The average molecular weight is 207 g/mol. The fraction of sp³-hybridized carbons (Fsp3) is 0.500. The van der Waals surface area contributed by atoms with Gasteiger partial charge in [-0.2, -0.15) is 0 Å². The predicted octanol–water partition coefficient (Wildman–Crippen LogP) is 0.557. The van der Waals surface area contributed by atoms with Crippen molar-refractivity contribution in [2.75, 3.05) is 5.73 Å². The van der Waals surface area contributed by atoms with E-state index in [-0.39, 0.29) is 11.9 Å². The van der Waals surface area contributed by atoms with E-state index in [0.29, 0.717) is 19.3 Å². The quantitative estimate of drug-likeness (QED) is 0.702. The van der Waals surface area contributed by atoms with Gasteiger partial charge in [0.15, 0.2) is 0 Å². The van der Waals surface area contributed by atoms with E-state index in [1.165, 1.54) is 0 Å². The van der Waals surface area contributed by atoms with Gasteiger partial charge in [0.1, 0.15) is 0 Å². The zero-order valence-corrected chi connectivity index (χ0v) is 8.53. The summed E-state index contributed by atoms with van der Waals surface area (Å²) in [5, 5.41) is 8.94. The van der Waals surface area contributed by atoms with Crippen LogP contribution in [0.15, 0.2) is 0 Å². The zero-order chi connectivity index (χ0) is 11.0. The second-order valence-corrected chi connectivity index (χ2v) is 3.87. The van der Waals surface area contributed by atoms with Crippen LogP contribution in [0.5, 0.6) is 0 Å². The number of aromatic nitrogens is 2. The summed E-state index contributed by atoms with van der Waals surface area (Å²) >= 11 is 0. The standard InChI is InChI=1S/C10H13N3O2/c1-5-7-4-6(9(14)15)2-3-8(7)13-10(11)12-5/h6H,2-4H2,1H3,(H,14,15)(H2,11,12,13). The van der Waals surface area contributed by atoms with E-state index < -0.39 is 5.97 Å². The predicted molar refractivity (Wildman–Crippen MR) is 54.3 cm³/mol. The fourth-order valence-electron chi connectivity index (χ4n) is 2.02. The van der Waals surface area contributed by atoms with Crippen molar-refractivity contribution in [2.45, 2.75) is 26.2 Å². The van der Waals surface area contributed by atoms with Crippen molar-refractivity contribution in [3.8, 4) is 0 Å². The molecule has 80 valence electrons. The van der Waals surface area contributed by atoms with E-state index in [1.54, 1.807) is 0 Å². The molecule has 1 aromatic rings. The smallest absolute Gasteiger partial charge is 0.306 e. The third-order valence-electron chi connectivity index (χ3n) is 2.85. The zero-order valence-electron chi connectivity index (χ0n) is 8.53. The van der Waals surface area contributed by atoms with Gasteiger partial charge < -0.3 is 10.8 Å². The number of carbonyl (C=O) groups is 1. The second kappa shape index (κ2) is 3.49. The van der Waals surface area contributed by atoms with Crippen LogP contribution >= 0.6 is 0 Å². The molecule has 1 unspecified atom stereocenters. The third kappa shape index (κ3) is 1.77. The first-order valence-corrected chi connectivity index (χ1v) is 4.92. The van der Waals surface area contributed by atoms with Crippen molar-refractivity contribution < 1.29 is 9.90 Å². The molecule has 5 heteroatoms. The van der Waals surface area contributed by atoms with Gasteiger partial charge in [-0.1, -0.05) is 0 Å². The Labute approximate surface area is 87.4 Å². The number of aryl methyl sites for hydroxylation is 2. The normalized spacial score (nSPS) is 19.7. The van der Waals surface area contributed by atoms with Crippen LogP contribution in [0.3, 0.4) is 0 Å². The Hall–Kier alpha value is -1.65. The highest BCUT2D eigenvalue weighted by Crippen LogP contribution is 2.26. The number of carboxylic acids is 1. The van der Waals surface area contributed by atoms with E-state index >= 15 is 0 Å². The highest BCUT2D eigenvalue weighted by Gasteiger charge is 2.26. The summed E-state index contributed by atoms with van der Waals surface area (Å²) in [5.41, 5.74) is 8.22. The van der Waals surface area contributed by atoms with Crippen molar-refractivity contribution in [1.82, 2.24) is 9.97 Å². The van der Waals surface area contributed by atoms with E-state index in [2.05, 4.69) is 9.97 Å². The lowest BCUT2D eigenvalue weighted by atomic mass is 9.86. The van der Waals surface area contributed by atoms with Gasteiger partial charge >= 0.3 is 5.97 Å². The molecule has 2 rings (SSSR count). The number of carboxylic acid groups (broad SMARTS) is 1. The number of aliphatic carboxylic acids is 1. The van der Waals surface area contributed by atoms with Gasteiger partial charge in [0.05, 0.1) is 5.92 Å². The minimum absolute atomic E-state index is 0.278. The second-order valence-electron chi connectivity index (χ2n) is 3.87. The number of nitrogens with zero attached hydrogens (tertiary/aromatic N) is 2. The lowest BCUT2D eigenvalue weighted by Gasteiger charge is -2.21. The molecule has 0 radical (unpaired) electrons. The van der Waals surface area contributed by atoms with E-state index in [0.717, 1.165) is 17.0 Å². The average Bonchev–Trinajstić information content (AvgIpc) is 2.16. The fourth-order valence-corrected chi connectivity index (χ4v) is 2.02. The number of fused-ring (bicyclic) bond motifs is 1. The maximum Gasteiger partial charge on any atom is 0.306 e. The monoisotopic (exact) mass is 207 g/mol. The molecule has 1 aliphatic carbocycles. The molecular weight excluding hydrogens is 194 g/mol. The molecule has 0 spiro atoms. The number of hydrogen-bond acceptors (Lipinski definition) is 4. The summed E-state index contributed by atoms with van der Waals surface area (Å²) in [6, 6.07) is 0. The van der Waals surface area contributed by atoms with Crippen LogP contribution in [0.25, 0.3) is 0 Å². The minimum atomic E-state index is -0.739. The van der Waals surface area contributed by atoms with Crippen LogP contribution < -0.4 is 5.73 Å². The highest BCUT2D eigenvalue weighted by molar-refractivity contribution is 5.71. The topological polar surface area (TPSA) is 89.1 Å². The van der Waals surface area contributed by atoms with E-state index in [4.69, 9.17) is 10.8 Å². The third-order valence-corrected chi connectivity index (χ3v) is 2.85. The molecule has 0 aromatic carbocycles. The van der Waals surface area contributed by atoms with Crippen LogP contribution in [0, 0.1) is 12.8 Å². The van der Waals surface area contributed by atoms with Crippen LogP contribution in [0.1, 0.15) is 23.4 Å². The molecule has 15 heavy (non-hydrogen) atoms. The lowest BCUT2D eigenvalue weighted by molar-refractivity contribution is -0.142. The summed E-state index contributed by atoms with van der Waals surface area (Å²) in [7, 11) is 0. The molecule has 0 saturated carbocycles. The molecule has 0 bridgehead atoms. The number of nitrogens with two attached hydrogens (primary N) is 1. The molecule has 0 saturated heterocycles. The summed E-state index contributed by atoms with van der Waals surface area (Å²) in [6.07, 6.45) is 1.84. The molecular formula is C10H13N3O2. The molecule has 1 heterocycles. The lowest BCUT2D eigenvalue weighted by Crippen LogP contribution is -2.24. The number of rotatable bonds is 1. The molecule has 1 aromatic heterocycles. The Morgan fingerprint density at radius 1 is 1.53 bits per heavy atom. The summed E-state index contributed by atoms with van der Waals surface area (Å²) in [4.78, 5) is 19.1. The first-order chi connectivity index (χ1) is 7.08. The van der Waals surface area contributed by atoms with Gasteiger partial charge in [0.25, 0.3) is 0 Å². The summed E-state index contributed by atoms with van der Waals surface area (Å²) in [5.74, 6) is -0.764. The largest absolute Gasteiger partial charge is 0.481 e. The summed E-state index contributed by atoms with van der Waals surface area (Å²) in [6.45, 7) is 1.85. The van der Waals surface area contributed by atoms with E-state index in [9.17, 15) is 4.79 Å². The highest BCUT2D eigenvalue weighted by atomic mass is 16.4. The number of nitrogen functional groups attached to an aromatic ring is 1. The molecule has 1 atom stereocenters. The Morgan fingerprint density at radius 2 is 2.27 bits per heavy atom. The van der Waals surface area contributed by atoms with Crippen molar-refractivity contribution in [3.05, 3.63) is 17.0 Å². The van der Waals surface area contributed by atoms with Crippen molar-refractivity contribution in [2.24, 2.45) is 5.92 Å². The maximum absolute atomic E-state index is 10.9. The van der Waals surface area contributed by atoms with Gasteiger partial charge in [-0.3, -0.25) is 4.79 Å². The molecule has 3 N–H and O–H groups in total. The van der Waals surface area contributed by atoms with Crippen LogP contribution in [-0.2, 0) is 17.6 Å². The Balaban J connectivity index is 2.37. The first kappa shape index (κ1) is 9.89. The van der Waals surface area contributed by atoms with Crippen molar-refractivity contribution in [3.63, 3.8) is 0 Å². The molecule has 0 amide bonds. The first-order valence-electron chi connectivity index (χ1n) is 4.92. The van der Waals surface area contributed by atoms with Gasteiger partial charge in [-0.25, -0.2) is 9.97 Å². The Morgan fingerprint density at radius 3 is 2.93 bits per heavy atom. The minimum Gasteiger partial charge on any atom is -0.481 e. The van der Waals surface area contributed by atoms with Gasteiger partial charge in [-0.15, -0.1) is 0 Å². The van der Waals surface area contributed by atoms with Gasteiger partial charge in [-0.05, 0) is 31.7 Å². The number of hydrogen-bond donors (Lipinski definition) is 2. The van der Waals surface area contributed by atoms with Gasteiger partial charge in [0, 0.05) is 11.4 Å². The molecule has 1 aliphatic rings. The molecule has 5 nitrogen and oxygen atoms in total. The van der Waals surface area contributed by atoms with Crippen molar-refractivity contribution in [1.29, 1.82) is 0 Å². The molecule has 0 aliphatic heterocycles. The van der Waals surface area contributed by atoms with Crippen LogP contribution in [-0.4, -0.2) is 21.0 Å². The Bertz CT molecular complexity index is 417. The van der Waals surface area contributed by atoms with Crippen LogP contribution in [0.2, 0.25) is 0 Å². The maximum atomic E-state index is 10.9. The van der Waals surface area contributed by atoms with Crippen LogP contribution in [0.4, 0.5) is 5.95 Å².